The average Bonchev–Trinajstić information content (AvgIpc) is 3.20. The molecule has 32 heavy (non-hydrogen) atoms. The predicted octanol–water partition coefficient (Wildman–Crippen LogP) is 4.49. The smallest absolute Gasteiger partial charge is 0.240 e. The summed E-state index contributed by atoms with van der Waals surface area (Å²) in [6.07, 6.45) is 1.69. The molecule has 3 aliphatic rings. The van der Waals surface area contributed by atoms with Gasteiger partial charge in [0.2, 0.25) is 11.8 Å². The fourth-order valence-corrected chi connectivity index (χ4v) is 5.51. The topological polar surface area (TPSA) is 70.0 Å². The lowest BCUT2D eigenvalue weighted by molar-refractivity contribution is -0.136. The van der Waals surface area contributed by atoms with Crippen LogP contribution in [0.1, 0.15) is 37.9 Å². The molecule has 4 unspecified atom stereocenters. The number of imide groups is 1. The maximum Gasteiger partial charge on any atom is 0.240 e. The van der Waals surface area contributed by atoms with E-state index in [2.05, 4.69) is 5.10 Å². The van der Waals surface area contributed by atoms with E-state index in [1.165, 1.54) is 6.07 Å². The number of carbonyl (C=O) groups excluding carboxylic acids is 3. The van der Waals surface area contributed by atoms with Crippen LogP contribution in [-0.4, -0.2) is 34.9 Å². The van der Waals surface area contributed by atoms with Crippen molar-refractivity contribution in [3.63, 3.8) is 0 Å². The molecule has 164 valence electrons. The maximum absolute atomic E-state index is 13.7. The van der Waals surface area contributed by atoms with Crippen LogP contribution in [0.4, 0.5) is 5.69 Å². The summed E-state index contributed by atoms with van der Waals surface area (Å²) in [6, 6.07) is 10.9. The molecule has 0 N–H and O–H groups in total. The van der Waals surface area contributed by atoms with Crippen LogP contribution >= 0.6 is 23.2 Å². The van der Waals surface area contributed by atoms with Crippen molar-refractivity contribution in [2.24, 2.45) is 22.4 Å². The summed E-state index contributed by atoms with van der Waals surface area (Å²) < 4.78 is 0. The molecule has 4 atom stereocenters. The third-order valence-corrected chi connectivity index (χ3v) is 6.99. The van der Waals surface area contributed by atoms with Gasteiger partial charge in [-0.1, -0.05) is 68.2 Å². The highest BCUT2D eigenvalue weighted by Crippen LogP contribution is 2.54. The number of anilines is 1. The van der Waals surface area contributed by atoms with Crippen LogP contribution in [0.5, 0.6) is 0 Å². The number of rotatable bonds is 2. The zero-order valence-corrected chi connectivity index (χ0v) is 19.3. The summed E-state index contributed by atoms with van der Waals surface area (Å²) in [6.45, 7) is 5.44. The van der Waals surface area contributed by atoms with E-state index >= 15 is 0 Å². The average molecular weight is 470 g/mol. The lowest BCUT2D eigenvalue weighted by atomic mass is 9.79. The third kappa shape index (κ3) is 2.93. The minimum Gasteiger partial charge on any atom is -0.297 e. The molecule has 5 rings (SSSR count). The summed E-state index contributed by atoms with van der Waals surface area (Å²) in [5.74, 6) is -2.54. The van der Waals surface area contributed by atoms with Gasteiger partial charge >= 0.3 is 0 Å². The maximum atomic E-state index is 13.7. The number of hydrogen-bond acceptors (Lipinski definition) is 5. The molecule has 0 saturated carbocycles. The van der Waals surface area contributed by atoms with Crippen molar-refractivity contribution >= 4 is 52.7 Å². The Morgan fingerprint density at radius 1 is 1.00 bits per heavy atom. The molecule has 3 aliphatic heterocycles. The normalized spacial score (nSPS) is 26.3. The Hall–Kier alpha value is -2.70. The number of nitrogens with zero attached hydrogens (tertiary/aromatic N) is 3. The van der Waals surface area contributed by atoms with Crippen LogP contribution in [0.3, 0.4) is 0 Å². The van der Waals surface area contributed by atoms with Crippen molar-refractivity contribution in [3.8, 4) is 0 Å². The Bertz CT molecular complexity index is 1200. The Morgan fingerprint density at radius 3 is 2.38 bits per heavy atom. The van der Waals surface area contributed by atoms with Gasteiger partial charge in [-0.15, -0.1) is 0 Å². The van der Waals surface area contributed by atoms with Gasteiger partial charge in [0, 0.05) is 10.4 Å². The van der Waals surface area contributed by atoms with Crippen LogP contribution in [0, 0.1) is 17.3 Å². The van der Waals surface area contributed by atoms with E-state index in [-0.39, 0.29) is 22.4 Å². The van der Waals surface area contributed by atoms with Gasteiger partial charge in [0.1, 0.15) is 6.04 Å². The van der Waals surface area contributed by atoms with Gasteiger partial charge in [-0.05, 0) is 29.3 Å². The summed E-state index contributed by atoms with van der Waals surface area (Å²) in [7, 11) is 0. The molecular formula is C24H21Cl2N3O3. The molecule has 0 bridgehead atoms. The predicted molar refractivity (Wildman–Crippen MR) is 123 cm³/mol. The zero-order valence-electron chi connectivity index (χ0n) is 17.8. The van der Waals surface area contributed by atoms with Gasteiger partial charge in [0.25, 0.3) is 0 Å². The Balaban J connectivity index is 1.68. The SMILES string of the molecule is CC(C)(C)C(=O)C1C2C(=O)N(c3ccc(Cl)cc3Cl)C(=O)C2C2c3ccccc3C=NN12. The van der Waals surface area contributed by atoms with Gasteiger partial charge in [0.05, 0.1) is 34.8 Å². The first-order valence-electron chi connectivity index (χ1n) is 10.4. The van der Waals surface area contributed by atoms with Crippen molar-refractivity contribution in [1.82, 2.24) is 5.01 Å². The Kier molecular flexibility index (Phi) is 4.73. The van der Waals surface area contributed by atoms with E-state index in [9.17, 15) is 14.4 Å². The quantitative estimate of drug-likeness (QED) is 0.607. The number of fused-ring (bicyclic) bond motifs is 5. The van der Waals surface area contributed by atoms with Crippen LogP contribution in [0.25, 0.3) is 0 Å². The summed E-state index contributed by atoms with van der Waals surface area (Å²) >= 11 is 12.4. The molecule has 2 aromatic rings. The molecule has 2 saturated heterocycles. The van der Waals surface area contributed by atoms with Crippen molar-refractivity contribution in [3.05, 3.63) is 63.6 Å². The standard InChI is InChI=1S/C24H21Cl2N3O3/c1-24(2,3)21(30)20-18-17(19-14-7-5-4-6-12(14)11-27-29(19)20)22(31)28(23(18)32)16-9-8-13(25)10-15(16)26/h4-11,17-20H,1-3H3. The molecule has 2 fully saturated rings. The van der Waals surface area contributed by atoms with Crippen LogP contribution in [0.2, 0.25) is 10.0 Å². The minimum atomic E-state index is -0.853. The summed E-state index contributed by atoms with van der Waals surface area (Å²) in [5.41, 5.74) is 1.32. The zero-order chi connectivity index (χ0) is 22.9. The second-order valence-corrected chi connectivity index (χ2v) is 10.3. The molecule has 8 heteroatoms. The highest BCUT2D eigenvalue weighted by molar-refractivity contribution is 6.38. The lowest BCUT2D eigenvalue weighted by Gasteiger charge is -2.35. The first-order valence-corrected chi connectivity index (χ1v) is 11.2. The first kappa shape index (κ1) is 21.2. The third-order valence-electron chi connectivity index (χ3n) is 6.45. The first-order chi connectivity index (χ1) is 15.1. The van der Waals surface area contributed by atoms with Crippen molar-refractivity contribution in [2.45, 2.75) is 32.9 Å². The van der Waals surface area contributed by atoms with Gasteiger partial charge in [-0.3, -0.25) is 19.4 Å². The highest BCUT2D eigenvalue weighted by Gasteiger charge is 2.66. The fourth-order valence-electron chi connectivity index (χ4n) is 5.01. The number of halogens is 2. The number of amides is 2. The van der Waals surface area contributed by atoms with Gasteiger partial charge < -0.3 is 0 Å². The number of hydrogen-bond donors (Lipinski definition) is 0. The van der Waals surface area contributed by atoms with Crippen molar-refractivity contribution in [2.75, 3.05) is 4.90 Å². The number of ketones is 1. The van der Waals surface area contributed by atoms with E-state index in [0.29, 0.717) is 5.02 Å². The fraction of sp³-hybridized carbons (Fsp3) is 0.333. The van der Waals surface area contributed by atoms with E-state index < -0.39 is 35.2 Å². The molecule has 2 aromatic carbocycles. The summed E-state index contributed by atoms with van der Waals surface area (Å²) in [5, 5.41) is 6.83. The molecule has 0 radical (unpaired) electrons. The molecule has 2 amide bonds. The van der Waals surface area contributed by atoms with Gasteiger partial charge in [0.15, 0.2) is 5.78 Å². The second kappa shape index (κ2) is 7.15. The van der Waals surface area contributed by atoms with Crippen LogP contribution in [-0.2, 0) is 14.4 Å². The van der Waals surface area contributed by atoms with Crippen molar-refractivity contribution < 1.29 is 14.4 Å². The molecule has 0 spiro atoms. The molecule has 0 aromatic heterocycles. The monoisotopic (exact) mass is 469 g/mol. The van der Waals surface area contributed by atoms with Crippen molar-refractivity contribution in [1.29, 1.82) is 0 Å². The van der Waals surface area contributed by atoms with E-state index in [1.807, 2.05) is 45.0 Å². The van der Waals surface area contributed by atoms with Crippen LogP contribution in [0.15, 0.2) is 47.6 Å². The number of hydrazone groups is 1. The van der Waals surface area contributed by atoms with E-state index in [0.717, 1.165) is 16.0 Å². The largest absolute Gasteiger partial charge is 0.297 e. The highest BCUT2D eigenvalue weighted by atomic mass is 35.5. The number of benzene rings is 2. The van der Waals surface area contributed by atoms with E-state index in [4.69, 9.17) is 23.2 Å². The molecular weight excluding hydrogens is 449 g/mol. The van der Waals surface area contributed by atoms with Gasteiger partial charge in [-0.25, -0.2) is 4.90 Å². The Labute approximate surface area is 195 Å². The minimum absolute atomic E-state index is 0.128. The number of carbonyl (C=O) groups is 3. The molecule has 6 nitrogen and oxygen atoms in total. The summed E-state index contributed by atoms with van der Waals surface area (Å²) in [4.78, 5) is 42.1. The second-order valence-electron chi connectivity index (χ2n) is 9.42. The Morgan fingerprint density at radius 2 is 1.69 bits per heavy atom. The molecule has 0 aliphatic carbocycles. The van der Waals surface area contributed by atoms with Gasteiger partial charge in [-0.2, -0.15) is 5.10 Å². The number of Topliss-reactive ketones (excluding diaryl/α,β-unsaturated/α-hetero) is 1. The molecule has 3 heterocycles. The van der Waals surface area contributed by atoms with E-state index in [1.54, 1.807) is 23.4 Å². The van der Waals surface area contributed by atoms with Crippen LogP contribution < -0.4 is 4.90 Å². The lowest BCUT2D eigenvalue weighted by Crippen LogP contribution is -2.48.